The topological polar surface area (TPSA) is 158 Å². The highest BCUT2D eigenvalue weighted by Gasteiger charge is 2.23. The molecule has 0 aliphatic heterocycles. The van der Waals surface area contributed by atoms with Gasteiger partial charge in [-0.25, -0.2) is 9.97 Å². The van der Waals surface area contributed by atoms with E-state index in [-0.39, 0.29) is 17.6 Å². The molecule has 9 nitrogen and oxygen atoms in total. The van der Waals surface area contributed by atoms with E-state index < -0.39 is 5.91 Å². The van der Waals surface area contributed by atoms with Crippen LogP contribution in [0.2, 0.25) is 0 Å². The minimum Gasteiger partial charge on any atom is -0.384 e. The van der Waals surface area contributed by atoms with Gasteiger partial charge < -0.3 is 27.8 Å². The van der Waals surface area contributed by atoms with Crippen LogP contribution in [-0.2, 0) is 0 Å². The summed E-state index contributed by atoms with van der Waals surface area (Å²) in [5.74, 6) is 0.616. The van der Waals surface area contributed by atoms with Gasteiger partial charge in [-0.2, -0.15) is 4.98 Å². The molecule has 1 saturated carbocycles. The number of pyridine rings is 1. The number of carbonyl (C=O) groups is 1. The van der Waals surface area contributed by atoms with E-state index >= 15 is 0 Å². The Hall–Kier alpha value is -3.72. The zero-order valence-corrected chi connectivity index (χ0v) is 17.1. The lowest BCUT2D eigenvalue weighted by molar-refractivity contribution is 0.100. The van der Waals surface area contributed by atoms with E-state index in [0.29, 0.717) is 17.6 Å². The van der Waals surface area contributed by atoms with Crippen molar-refractivity contribution in [2.75, 3.05) is 16.4 Å². The van der Waals surface area contributed by atoms with Crippen molar-refractivity contribution < 1.29 is 4.79 Å². The number of nitrogens with two attached hydrogens (primary N) is 3. The normalized spacial score (nSPS) is 18.4. The highest BCUT2D eigenvalue weighted by atomic mass is 16.1. The zero-order chi connectivity index (χ0) is 21.8. The average Bonchev–Trinajstić information content (AvgIpc) is 2.76. The van der Waals surface area contributed by atoms with E-state index in [2.05, 4.69) is 25.6 Å². The lowest BCUT2D eigenvalue weighted by atomic mass is 9.91. The predicted molar refractivity (Wildman–Crippen MR) is 122 cm³/mol. The quantitative estimate of drug-likeness (QED) is 0.409. The molecule has 0 unspecified atom stereocenters. The van der Waals surface area contributed by atoms with Gasteiger partial charge in [-0.3, -0.25) is 4.79 Å². The highest BCUT2D eigenvalue weighted by Crippen LogP contribution is 2.26. The molecule has 1 aliphatic rings. The number of nitrogens with zero attached hydrogens (tertiary/aromatic N) is 3. The Morgan fingerprint density at radius 3 is 2.52 bits per heavy atom. The number of rotatable bonds is 6. The number of anilines is 4. The zero-order valence-electron chi connectivity index (χ0n) is 17.1. The first kappa shape index (κ1) is 20.5. The average molecular weight is 419 g/mol. The van der Waals surface area contributed by atoms with Crippen molar-refractivity contribution in [3.8, 4) is 11.1 Å². The smallest absolute Gasteiger partial charge is 0.254 e. The number of hydrogen-bond acceptors (Lipinski definition) is 8. The second-order valence-corrected chi connectivity index (χ2v) is 7.69. The third-order valence-corrected chi connectivity index (χ3v) is 5.45. The fourth-order valence-electron chi connectivity index (χ4n) is 3.74. The molecule has 1 aliphatic carbocycles. The van der Waals surface area contributed by atoms with Crippen LogP contribution in [0.3, 0.4) is 0 Å². The van der Waals surface area contributed by atoms with E-state index in [9.17, 15) is 4.79 Å². The van der Waals surface area contributed by atoms with E-state index in [1.54, 1.807) is 6.20 Å². The van der Waals surface area contributed by atoms with Crippen molar-refractivity contribution in [2.45, 2.75) is 37.8 Å². The molecule has 8 N–H and O–H groups in total. The SMILES string of the molecule is NC(=O)c1cnc(N[C@@H]2CCCC[C@@H]2N)nc1Nc1ccc(-c2ccnc(N)c2)cc1. The van der Waals surface area contributed by atoms with E-state index in [4.69, 9.17) is 17.2 Å². The molecule has 0 radical (unpaired) electrons. The number of aromatic nitrogens is 3. The summed E-state index contributed by atoms with van der Waals surface area (Å²) in [6.45, 7) is 0. The minimum absolute atomic E-state index is 0.0549. The van der Waals surface area contributed by atoms with Gasteiger partial charge in [-0.1, -0.05) is 25.0 Å². The molecule has 0 bridgehead atoms. The van der Waals surface area contributed by atoms with Crippen molar-refractivity contribution in [1.82, 2.24) is 15.0 Å². The van der Waals surface area contributed by atoms with Crippen molar-refractivity contribution >= 4 is 29.2 Å². The summed E-state index contributed by atoms with van der Waals surface area (Å²) in [5.41, 5.74) is 20.4. The molecule has 31 heavy (non-hydrogen) atoms. The van der Waals surface area contributed by atoms with E-state index in [0.717, 1.165) is 42.5 Å². The summed E-state index contributed by atoms with van der Waals surface area (Å²) >= 11 is 0. The molecular weight excluding hydrogens is 392 g/mol. The Morgan fingerprint density at radius 2 is 1.81 bits per heavy atom. The van der Waals surface area contributed by atoms with Crippen LogP contribution in [0.25, 0.3) is 11.1 Å². The number of hydrogen-bond donors (Lipinski definition) is 5. The Labute approximate surface area is 180 Å². The molecule has 160 valence electrons. The molecule has 4 rings (SSSR count). The molecule has 1 amide bonds. The highest BCUT2D eigenvalue weighted by molar-refractivity contribution is 5.98. The monoisotopic (exact) mass is 418 g/mol. The fourth-order valence-corrected chi connectivity index (χ4v) is 3.74. The van der Waals surface area contributed by atoms with Gasteiger partial charge in [0.15, 0.2) is 0 Å². The number of primary amides is 1. The van der Waals surface area contributed by atoms with Crippen LogP contribution in [0, 0.1) is 0 Å². The Balaban J connectivity index is 1.55. The second-order valence-electron chi connectivity index (χ2n) is 7.69. The predicted octanol–water partition coefficient (Wildman–Crippen LogP) is 2.65. The maximum atomic E-state index is 11.9. The molecule has 3 aromatic rings. The molecule has 1 fully saturated rings. The second kappa shape index (κ2) is 8.97. The maximum absolute atomic E-state index is 11.9. The van der Waals surface area contributed by atoms with Gasteiger partial charge in [0.1, 0.15) is 17.2 Å². The molecule has 2 atom stereocenters. The molecule has 0 spiro atoms. The summed E-state index contributed by atoms with van der Waals surface area (Å²) < 4.78 is 0. The van der Waals surface area contributed by atoms with Gasteiger partial charge in [0.2, 0.25) is 5.95 Å². The molecule has 2 heterocycles. The van der Waals surface area contributed by atoms with Crippen LogP contribution in [0.1, 0.15) is 36.0 Å². The summed E-state index contributed by atoms with van der Waals surface area (Å²) in [7, 11) is 0. The number of nitrogens with one attached hydrogen (secondary N) is 2. The van der Waals surface area contributed by atoms with E-state index in [1.165, 1.54) is 6.20 Å². The van der Waals surface area contributed by atoms with Gasteiger partial charge in [0.05, 0.1) is 0 Å². The number of carbonyl (C=O) groups excluding carboxylic acids is 1. The molecule has 9 heteroatoms. The van der Waals surface area contributed by atoms with Gasteiger partial charge in [0, 0.05) is 30.2 Å². The Bertz CT molecular complexity index is 1070. The molecular formula is C22H26N8O. The van der Waals surface area contributed by atoms with Gasteiger partial charge in [-0.05, 0) is 48.2 Å². The summed E-state index contributed by atoms with van der Waals surface area (Å²) in [5, 5.41) is 6.47. The van der Waals surface area contributed by atoms with Crippen molar-refractivity contribution in [2.24, 2.45) is 11.5 Å². The number of benzene rings is 1. The van der Waals surface area contributed by atoms with Crippen molar-refractivity contribution in [3.05, 3.63) is 54.4 Å². The largest absolute Gasteiger partial charge is 0.384 e. The van der Waals surface area contributed by atoms with Gasteiger partial charge in [0.25, 0.3) is 5.91 Å². The number of nitrogen functional groups attached to an aromatic ring is 1. The molecule has 0 saturated heterocycles. The van der Waals surface area contributed by atoms with Crippen LogP contribution < -0.4 is 27.8 Å². The van der Waals surface area contributed by atoms with Crippen LogP contribution in [0.4, 0.5) is 23.3 Å². The van der Waals surface area contributed by atoms with Crippen LogP contribution in [0.5, 0.6) is 0 Å². The van der Waals surface area contributed by atoms with Crippen LogP contribution in [-0.4, -0.2) is 32.9 Å². The van der Waals surface area contributed by atoms with Crippen LogP contribution >= 0.6 is 0 Å². The summed E-state index contributed by atoms with van der Waals surface area (Å²) in [6, 6.07) is 11.5. The van der Waals surface area contributed by atoms with Crippen molar-refractivity contribution in [1.29, 1.82) is 0 Å². The fraction of sp³-hybridized carbons (Fsp3) is 0.273. The Kier molecular flexibility index (Phi) is 5.94. The first-order chi connectivity index (χ1) is 15.0. The summed E-state index contributed by atoms with van der Waals surface area (Å²) in [6.07, 6.45) is 7.29. The first-order valence-electron chi connectivity index (χ1n) is 10.3. The standard InChI is InChI=1S/C22H26N8O/c23-17-3-1-2-4-18(17)29-22-27-12-16(20(25)31)21(30-22)28-15-7-5-13(6-8-15)14-9-10-26-19(24)11-14/h5-12,17-18H,1-4,23H2,(H2,24,26)(H2,25,31)(H2,27,28,29,30)/t17-,18+/m0/s1. The third kappa shape index (κ3) is 4.89. The maximum Gasteiger partial charge on any atom is 0.254 e. The number of amides is 1. The lowest BCUT2D eigenvalue weighted by Crippen LogP contribution is -2.43. The van der Waals surface area contributed by atoms with Gasteiger partial charge in [-0.15, -0.1) is 0 Å². The molecule has 2 aromatic heterocycles. The van der Waals surface area contributed by atoms with Crippen molar-refractivity contribution in [3.63, 3.8) is 0 Å². The molecule has 1 aromatic carbocycles. The lowest BCUT2D eigenvalue weighted by Gasteiger charge is -2.29. The Morgan fingerprint density at radius 1 is 1.03 bits per heavy atom. The van der Waals surface area contributed by atoms with E-state index in [1.807, 2.05) is 36.4 Å². The van der Waals surface area contributed by atoms with Crippen LogP contribution in [0.15, 0.2) is 48.8 Å². The minimum atomic E-state index is -0.604. The third-order valence-electron chi connectivity index (χ3n) is 5.45. The van der Waals surface area contributed by atoms with Gasteiger partial charge >= 0.3 is 0 Å². The summed E-state index contributed by atoms with van der Waals surface area (Å²) in [4.78, 5) is 24.6. The first-order valence-corrected chi connectivity index (χ1v) is 10.3.